The molecule has 0 aliphatic rings. The second-order valence-corrected chi connectivity index (χ2v) is 4.37. The van der Waals surface area contributed by atoms with Crippen LogP contribution in [0.25, 0.3) is 11.0 Å². The number of hydrogen-bond donors (Lipinski definition) is 1. The van der Waals surface area contributed by atoms with Gasteiger partial charge in [0.2, 0.25) is 5.91 Å². The number of nitrogens with one attached hydrogen (secondary N) is 1. The van der Waals surface area contributed by atoms with Crippen LogP contribution in [0.4, 0.5) is 0 Å². The Morgan fingerprint density at radius 2 is 2.28 bits per heavy atom. The molecule has 0 aliphatic heterocycles. The molecule has 1 amide bonds. The summed E-state index contributed by atoms with van der Waals surface area (Å²) in [5.74, 6) is 1.04. The molecule has 0 fully saturated rings. The number of carbonyl (C=O) groups is 1. The van der Waals surface area contributed by atoms with Gasteiger partial charge in [0.25, 0.3) is 0 Å². The largest absolute Gasteiger partial charge is 0.356 e. The Morgan fingerprint density at radius 1 is 1.44 bits per heavy atom. The Hall–Kier alpha value is -1.91. The number of rotatable bonds is 5. The third kappa shape index (κ3) is 2.85. The van der Waals surface area contributed by atoms with Crippen molar-refractivity contribution in [2.45, 2.75) is 33.2 Å². The topological polar surface area (TPSA) is 59.8 Å². The molecule has 2 heterocycles. The molecule has 96 valence electrons. The van der Waals surface area contributed by atoms with Crippen LogP contribution in [0.2, 0.25) is 0 Å². The maximum absolute atomic E-state index is 10.7. The number of fused-ring (bicyclic) bond motifs is 1. The van der Waals surface area contributed by atoms with Gasteiger partial charge in [0.05, 0.1) is 11.7 Å². The first-order valence-electron chi connectivity index (χ1n) is 6.20. The zero-order chi connectivity index (χ0) is 13.0. The average molecular weight is 246 g/mol. The molecule has 5 nitrogen and oxygen atoms in total. The molecule has 0 aromatic carbocycles. The molecule has 2 aromatic rings. The van der Waals surface area contributed by atoms with Crippen molar-refractivity contribution in [3.63, 3.8) is 0 Å². The van der Waals surface area contributed by atoms with Crippen LogP contribution in [0.15, 0.2) is 18.5 Å². The molecule has 0 atom stereocenters. The lowest BCUT2D eigenvalue weighted by atomic mass is 10.3. The lowest BCUT2D eigenvalue weighted by molar-refractivity contribution is -0.118. The van der Waals surface area contributed by atoms with Crippen molar-refractivity contribution in [2.75, 3.05) is 6.54 Å². The monoisotopic (exact) mass is 246 g/mol. The minimum atomic E-state index is 0.0327. The number of aryl methyl sites for hydroxylation is 2. The van der Waals surface area contributed by atoms with Gasteiger partial charge < -0.3 is 9.88 Å². The van der Waals surface area contributed by atoms with Gasteiger partial charge in [-0.25, -0.2) is 4.98 Å². The minimum Gasteiger partial charge on any atom is -0.356 e. The van der Waals surface area contributed by atoms with E-state index in [-0.39, 0.29) is 5.91 Å². The maximum atomic E-state index is 10.7. The Bertz CT molecular complexity index is 547. The maximum Gasteiger partial charge on any atom is 0.216 e. The highest BCUT2D eigenvalue weighted by Gasteiger charge is 2.06. The molecular formula is C13H18N4O. The quantitative estimate of drug-likeness (QED) is 0.816. The van der Waals surface area contributed by atoms with Gasteiger partial charge in [0.15, 0.2) is 0 Å². The first kappa shape index (κ1) is 12.5. The van der Waals surface area contributed by atoms with Crippen molar-refractivity contribution >= 4 is 16.9 Å². The normalized spacial score (nSPS) is 10.8. The van der Waals surface area contributed by atoms with E-state index in [2.05, 4.69) is 19.9 Å². The molecule has 0 radical (unpaired) electrons. The number of carbonyl (C=O) groups excluding carboxylic acids is 1. The van der Waals surface area contributed by atoms with E-state index in [9.17, 15) is 4.79 Å². The Kier molecular flexibility index (Phi) is 3.92. The predicted octanol–water partition coefficient (Wildman–Crippen LogP) is 1.66. The Balaban J connectivity index is 1.95. The standard InChI is InChI=1S/C13H18N4O/c1-10-16-12-9-14-7-5-13(12)17(10)8-4-3-6-15-11(2)18/h5,7,9H,3-4,6,8H2,1-2H3,(H,15,18). The summed E-state index contributed by atoms with van der Waals surface area (Å²) < 4.78 is 2.20. The number of imidazole rings is 1. The van der Waals surface area contributed by atoms with Crippen LogP contribution >= 0.6 is 0 Å². The van der Waals surface area contributed by atoms with E-state index in [0.717, 1.165) is 42.8 Å². The van der Waals surface area contributed by atoms with E-state index >= 15 is 0 Å². The SMILES string of the molecule is CC(=O)NCCCCn1c(C)nc2cnccc21. The zero-order valence-corrected chi connectivity index (χ0v) is 10.8. The molecule has 18 heavy (non-hydrogen) atoms. The number of unbranched alkanes of at least 4 members (excludes halogenated alkanes) is 1. The number of aromatic nitrogens is 3. The van der Waals surface area contributed by atoms with Gasteiger partial charge in [-0.2, -0.15) is 0 Å². The molecular weight excluding hydrogens is 228 g/mol. The van der Waals surface area contributed by atoms with Crippen molar-refractivity contribution in [3.05, 3.63) is 24.3 Å². The molecule has 0 spiro atoms. The highest BCUT2D eigenvalue weighted by atomic mass is 16.1. The lowest BCUT2D eigenvalue weighted by Crippen LogP contribution is -2.21. The van der Waals surface area contributed by atoms with Gasteiger partial charge in [-0.1, -0.05) is 0 Å². The molecule has 0 bridgehead atoms. The summed E-state index contributed by atoms with van der Waals surface area (Å²) in [6.45, 7) is 5.21. The van der Waals surface area contributed by atoms with Gasteiger partial charge in [-0.15, -0.1) is 0 Å². The fourth-order valence-electron chi connectivity index (χ4n) is 2.04. The van der Waals surface area contributed by atoms with E-state index in [1.54, 1.807) is 19.3 Å². The van der Waals surface area contributed by atoms with Gasteiger partial charge in [0.1, 0.15) is 11.3 Å². The molecule has 1 N–H and O–H groups in total. The third-order valence-electron chi connectivity index (χ3n) is 2.92. The number of pyridine rings is 1. The van der Waals surface area contributed by atoms with Gasteiger partial charge in [-0.05, 0) is 25.8 Å². The summed E-state index contributed by atoms with van der Waals surface area (Å²) in [6, 6.07) is 1.99. The van der Waals surface area contributed by atoms with Crippen LogP contribution < -0.4 is 5.32 Å². The fraction of sp³-hybridized carbons (Fsp3) is 0.462. The Morgan fingerprint density at radius 3 is 3.06 bits per heavy atom. The van der Waals surface area contributed by atoms with Crippen molar-refractivity contribution in [2.24, 2.45) is 0 Å². The van der Waals surface area contributed by atoms with Crippen LogP contribution in [0, 0.1) is 6.92 Å². The smallest absolute Gasteiger partial charge is 0.216 e. The minimum absolute atomic E-state index is 0.0327. The summed E-state index contributed by atoms with van der Waals surface area (Å²) in [6.07, 6.45) is 5.58. The van der Waals surface area contributed by atoms with E-state index in [1.165, 1.54) is 0 Å². The first-order chi connectivity index (χ1) is 8.68. The molecule has 5 heteroatoms. The van der Waals surface area contributed by atoms with Gasteiger partial charge in [-0.3, -0.25) is 9.78 Å². The van der Waals surface area contributed by atoms with Crippen molar-refractivity contribution in [3.8, 4) is 0 Å². The van der Waals surface area contributed by atoms with Crippen LogP contribution in [0.1, 0.15) is 25.6 Å². The van der Waals surface area contributed by atoms with Gasteiger partial charge >= 0.3 is 0 Å². The van der Waals surface area contributed by atoms with Crippen LogP contribution in [0.3, 0.4) is 0 Å². The van der Waals surface area contributed by atoms with Crippen molar-refractivity contribution in [1.29, 1.82) is 0 Å². The highest BCUT2D eigenvalue weighted by Crippen LogP contribution is 2.14. The van der Waals surface area contributed by atoms with E-state index < -0.39 is 0 Å². The van der Waals surface area contributed by atoms with Crippen LogP contribution in [-0.2, 0) is 11.3 Å². The summed E-state index contributed by atoms with van der Waals surface area (Å²) in [5, 5.41) is 2.80. The Labute approximate surface area is 106 Å². The van der Waals surface area contributed by atoms with E-state index in [0.29, 0.717) is 0 Å². The second-order valence-electron chi connectivity index (χ2n) is 4.37. The molecule has 0 aliphatic carbocycles. The average Bonchev–Trinajstić information content (AvgIpc) is 2.65. The number of hydrogen-bond acceptors (Lipinski definition) is 3. The van der Waals surface area contributed by atoms with Crippen LogP contribution in [0.5, 0.6) is 0 Å². The highest BCUT2D eigenvalue weighted by molar-refractivity contribution is 5.74. The van der Waals surface area contributed by atoms with E-state index in [1.807, 2.05) is 13.0 Å². The molecule has 0 saturated heterocycles. The second kappa shape index (κ2) is 5.62. The third-order valence-corrected chi connectivity index (χ3v) is 2.92. The molecule has 0 unspecified atom stereocenters. The molecule has 2 aromatic heterocycles. The molecule has 2 rings (SSSR count). The summed E-state index contributed by atoms with van der Waals surface area (Å²) in [7, 11) is 0. The van der Waals surface area contributed by atoms with Crippen molar-refractivity contribution < 1.29 is 4.79 Å². The zero-order valence-electron chi connectivity index (χ0n) is 10.8. The van der Waals surface area contributed by atoms with Crippen molar-refractivity contribution in [1.82, 2.24) is 19.9 Å². The molecule has 0 saturated carbocycles. The summed E-state index contributed by atoms with van der Waals surface area (Å²) in [5.41, 5.74) is 2.07. The first-order valence-corrected chi connectivity index (χ1v) is 6.20. The summed E-state index contributed by atoms with van der Waals surface area (Å²) >= 11 is 0. The van der Waals surface area contributed by atoms with E-state index in [4.69, 9.17) is 0 Å². The number of amides is 1. The van der Waals surface area contributed by atoms with Gasteiger partial charge in [0, 0.05) is 26.2 Å². The predicted molar refractivity (Wildman–Crippen MR) is 70.2 cm³/mol. The van der Waals surface area contributed by atoms with Crippen LogP contribution in [-0.4, -0.2) is 27.0 Å². The lowest BCUT2D eigenvalue weighted by Gasteiger charge is -2.07. The number of nitrogens with zero attached hydrogens (tertiary/aromatic N) is 3. The summed E-state index contributed by atoms with van der Waals surface area (Å²) in [4.78, 5) is 19.3. The fourth-order valence-corrected chi connectivity index (χ4v) is 2.04.